The zero-order chi connectivity index (χ0) is 17.7. The van der Waals surface area contributed by atoms with E-state index in [9.17, 15) is 4.79 Å². The van der Waals surface area contributed by atoms with Crippen molar-refractivity contribution in [3.8, 4) is 0 Å². The van der Waals surface area contributed by atoms with Gasteiger partial charge in [-0.15, -0.1) is 0 Å². The maximum Gasteiger partial charge on any atom is 0.230 e. The van der Waals surface area contributed by atoms with Crippen LogP contribution >= 0.6 is 11.6 Å². The molecular weight excluding hydrogens is 336 g/mol. The van der Waals surface area contributed by atoms with Gasteiger partial charge in [0, 0.05) is 30.5 Å². The molecule has 1 aliphatic rings. The van der Waals surface area contributed by atoms with Crippen LogP contribution in [0.2, 0.25) is 5.02 Å². The molecule has 0 radical (unpaired) electrons. The second-order valence-corrected chi connectivity index (χ2v) is 6.89. The van der Waals surface area contributed by atoms with Crippen molar-refractivity contribution in [1.82, 2.24) is 5.32 Å². The summed E-state index contributed by atoms with van der Waals surface area (Å²) >= 11 is 6.15. The van der Waals surface area contributed by atoms with E-state index in [1.54, 1.807) is 0 Å². The number of hydrogen-bond donors (Lipinski definition) is 2. The van der Waals surface area contributed by atoms with Gasteiger partial charge in [0.1, 0.15) is 0 Å². The standard InChI is InChI=1S/C20H23ClN2O2/c21-17-3-1-2-16(14-17)20(9-12-25-13-10-20)19(24)23-11-8-15-4-6-18(22)7-5-15/h1-7,14H,8-13,22H2,(H,23,24). The fourth-order valence-electron chi connectivity index (χ4n) is 3.33. The van der Waals surface area contributed by atoms with Crippen LogP contribution in [0.1, 0.15) is 24.0 Å². The first-order valence-electron chi connectivity index (χ1n) is 8.57. The summed E-state index contributed by atoms with van der Waals surface area (Å²) in [7, 11) is 0. The van der Waals surface area contributed by atoms with Crippen LogP contribution in [0.15, 0.2) is 48.5 Å². The molecule has 0 saturated carbocycles. The summed E-state index contributed by atoms with van der Waals surface area (Å²) in [6.07, 6.45) is 2.11. The third-order valence-electron chi connectivity index (χ3n) is 4.84. The number of rotatable bonds is 5. The Kier molecular flexibility index (Phi) is 5.61. The molecule has 0 atom stereocenters. The molecule has 2 aromatic carbocycles. The number of amides is 1. The number of nitrogens with two attached hydrogens (primary N) is 1. The normalized spacial score (nSPS) is 16.4. The van der Waals surface area contributed by atoms with Gasteiger partial charge in [-0.1, -0.05) is 35.9 Å². The summed E-state index contributed by atoms with van der Waals surface area (Å²) < 4.78 is 5.49. The molecule has 132 valence electrons. The highest BCUT2D eigenvalue weighted by Gasteiger charge is 2.41. The second kappa shape index (κ2) is 7.89. The Balaban J connectivity index is 1.70. The molecule has 4 nitrogen and oxygen atoms in total. The van der Waals surface area contributed by atoms with Crippen molar-refractivity contribution in [2.75, 3.05) is 25.5 Å². The van der Waals surface area contributed by atoms with E-state index in [-0.39, 0.29) is 5.91 Å². The maximum absolute atomic E-state index is 13.0. The lowest BCUT2D eigenvalue weighted by molar-refractivity contribution is -0.130. The molecule has 0 aliphatic carbocycles. The molecule has 1 saturated heterocycles. The molecule has 1 aliphatic heterocycles. The van der Waals surface area contributed by atoms with E-state index in [1.165, 1.54) is 0 Å². The third-order valence-corrected chi connectivity index (χ3v) is 5.07. The van der Waals surface area contributed by atoms with Crippen LogP contribution in [0.4, 0.5) is 5.69 Å². The molecular formula is C20H23ClN2O2. The highest BCUT2D eigenvalue weighted by Crippen LogP contribution is 2.36. The Morgan fingerprint density at radius 3 is 2.56 bits per heavy atom. The number of carbonyl (C=O) groups excluding carboxylic acids is 1. The first kappa shape index (κ1) is 17.8. The van der Waals surface area contributed by atoms with Gasteiger partial charge in [-0.05, 0) is 54.7 Å². The zero-order valence-electron chi connectivity index (χ0n) is 14.1. The van der Waals surface area contributed by atoms with E-state index in [2.05, 4.69) is 5.32 Å². The number of hydrogen-bond acceptors (Lipinski definition) is 3. The van der Waals surface area contributed by atoms with Gasteiger partial charge in [0.15, 0.2) is 0 Å². The minimum Gasteiger partial charge on any atom is -0.399 e. The average Bonchev–Trinajstić information content (AvgIpc) is 2.64. The highest BCUT2D eigenvalue weighted by molar-refractivity contribution is 6.30. The van der Waals surface area contributed by atoms with Gasteiger partial charge < -0.3 is 15.8 Å². The number of ether oxygens (including phenoxy) is 1. The smallest absolute Gasteiger partial charge is 0.230 e. The number of nitrogen functional groups attached to an aromatic ring is 1. The van der Waals surface area contributed by atoms with E-state index in [4.69, 9.17) is 22.1 Å². The number of nitrogens with one attached hydrogen (secondary N) is 1. The predicted octanol–water partition coefficient (Wildman–Crippen LogP) is 3.33. The second-order valence-electron chi connectivity index (χ2n) is 6.45. The molecule has 3 N–H and O–H groups in total. The molecule has 3 rings (SSSR count). The molecule has 1 fully saturated rings. The van der Waals surface area contributed by atoms with Crippen LogP contribution < -0.4 is 11.1 Å². The largest absolute Gasteiger partial charge is 0.399 e. The van der Waals surface area contributed by atoms with Crippen molar-refractivity contribution in [3.63, 3.8) is 0 Å². The molecule has 0 aromatic heterocycles. The van der Waals surface area contributed by atoms with Crippen LogP contribution in [0, 0.1) is 0 Å². The van der Waals surface area contributed by atoms with Gasteiger partial charge in [0.05, 0.1) is 5.41 Å². The van der Waals surface area contributed by atoms with Crippen LogP contribution in [-0.4, -0.2) is 25.7 Å². The lowest BCUT2D eigenvalue weighted by Crippen LogP contribution is -2.48. The summed E-state index contributed by atoms with van der Waals surface area (Å²) in [6, 6.07) is 15.3. The number of benzene rings is 2. The van der Waals surface area contributed by atoms with Gasteiger partial charge >= 0.3 is 0 Å². The quantitative estimate of drug-likeness (QED) is 0.806. The molecule has 5 heteroatoms. The Bertz CT molecular complexity index is 725. The van der Waals surface area contributed by atoms with E-state index in [1.807, 2.05) is 48.5 Å². The summed E-state index contributed by atoms with van der Waals surface area (Å²) in [5.41, 5.74) is 8.00. The lowest BCUT2D eigenvalue weighted by atomic mass is 9.73. The monoisotopic (exact) mass is 358 g/mol. The maximum atomic E-state index is 13.0. The van der Waals surface area contributed by atoms with Crippen molar-refractivity contribution >= 4 is 23.2 Å². The van der Waals surface area contributed by atoms with Gasteiger partial charge in [-0.2, -0.15) is 0 Å². The van der Waals surface area contributed by atoms with Gasteiger partial charge in [0.2, 0.25) is 5.91 Å². The first-order chi connectivity index (χ1) is 12.1. The molecule has 1 amide bonds. The van der Waals surface area contributed by atoms with Crippen LogP contribution in [0.3, 0.4) is 0 Å². The Morgan fingerprint density at radius 2 is 1.88 bits per heavy atom. The Labute approximate surface area is 153 Å². The Morgan fingerprint density at radius 1 is 1.16 bits per heavy atom. The fraction of sp³-hybridized carbons (Fsp3) is 0.350. The summed E-state index contributed by atoms with van der Waals surface area (Å²) in [5.74, 6) is 0.0495. The summed E-state index contributed by atoms with van der Waals surface area (Å²) in [5, 5.41) is 3.76. The SMILES string of the molecule is Nc1ccc(CCNC(=O)C2(c3cccc(Cl)c3)CCOCC2)cc1. The molecule has 25 heavy (non-hydrogen) atoms. The van der Waals surface area contributed by atoms with Crippen molar-refractivity contribution in [2.24, 2.45) is 0 Å². The van der Waals surface area contributed by atoms with E-state index in [0.29, 0.717) is 37.6 Å². The molecule has 2 aromatic rings. The minimum absolute atomic E-state index is 0.0495. The number of carbonyl (C=O) groups is 1. The van der Waals surface area contributed by atoms with Crippen molar-refractivity contribution in [3.05, 3.63) is 64.7 Å². The van der Waals surface area contributed by atoms with Gasteiger partial charge in [0.25, 0.3) is 0 Å². The molecule has 0 bridgehead atoms. The van der Waals surface area contributed by atoms with E-state index >= 15 is 0 Å². The third kappa shape index (κ3) is 4.14. The van der Waals surface area contributed by atoms with Crippen LogP contribution in [0.5, 0.6) is 0 Å². The Hall–Kier alpha value is -2.04. The zero-order valence-corrected chi connectivity index (χ0v) is 14.9. The minimum atomic E-state index is -0.565. The van der Waals surface area contributed by atoms with Crippen molar-refractivity contribution < 1.29 is 9.53 Å². The van der Waals surface area contributed by atoms with E-state index < -0.39 is 5.41 Å². The average molecular weight is 359 g/mol. The fourth-order valence-corrected chi connectivity index (χ4v) is 3.52. The lowest BCUT2D eigenvalue weighted by Gasteiger charge is -2.36. The summed E-state index contributed by atoms with van der Waals surface area (Å²) in [4.78, 5) is 13.0. The molecule has 1 heterocycles. The van der Waals surface area contributed by atoms with Crippen molar-refractivity contribution in [1.29, 1.82) is 0 Å². The van der Waals surface area contributed by atoms with E-state index in [0.717, 1.165) is 23.2 Å². The van der Waals surface area contributed by atoms with Crippen LogP contribution in [-0.2, 0) is 21.4 Å². The highest BCUT2D eigenvalue weighted by atomic mass is 35.5. The summed E-state index contributed by atoms with van der Waals surface area (Å²) in [6.45, 7) is 1.75. The predicted molar refractivity (Wildman–Crippen MR) is 101 cm³/mol. The van der Waals surface area contributed by atoms with Gasteiger partial charge in [-0.25, -0.2) is 0 Å². The molecule has 0 spiro atoms. The van der Waals surface area contributed by atoms with Gasteiger partial charge in [-0.3, -0.25) is 4.79 Å². The number of halogens is 1. The van der Waals surface area contributed by atoms with Crippen molar-refractivity contribution in [2.45, 2.75) is 24.7 Å². The van der Waals surface area contributed by atoms with Crippen LogP contribution in [0.25, 0.3) is 0 Å². The first-order valence-corrected chi connectivity index (χ1v) is 8.94. The number of anilines is 1. The topological polar surface area (TPSA) is 64.3 Å². The molecule has 0 unspecified atom stereocenters.